The van der Waals surface area contributed by atoms with Gasteiger partial charge in [0.15, 0.2) is 0 Å². The molecular formula is C30H33ClN4O5S. The van der Waals surface area contributed by atoms with Gasteiger partial charge in [-0.1, -0.05) is 48.0 Å². The Morgan fingerprint density at radius 2 is 1.85 bits per heavy atom. The molecule has 2 aromatic carbocycles. The van der Waals surface area contributed by atoms with Crippen LogP contribution >= 0.6 is 11.6 Å². The fourth-order valence-electron chi connectivity index (χ4n) is 6.11. The minimum absolute atomic E-state index is 0.00378. The number of benzene rings is 2. The highest BCUT2D eigenvalue weighted by molar-refractivity contribution is 7.89. The van der Waals surface area contributed by atoms with Crippen molar-refractivity contribution in [2.75, 3.05) is 26.2 Å². The van der Waals surface area contributed by atoms with Gasteiger partial charge in [-0.15, -0.1) is 0 Å². The normalized spacial score (nSPS) is 24.5. The Labute approximate surface area is 245 Å². The van der Waals surface area contributed by atoms with Crippen LogP contribution < -0.4 is 10.1 Å². The Kier molecular flexibility index (Phi) is 7.78. The summed E-state index contributed by atoms with van der Waals surface area (Å²) >= 11 is 6.33. The maximum absolute atomic E-state index is 13.9. The van der Waals surface area contributed by atoms with E-state index in [-0.39, 0.29) is 36.1 Å². The maximum Gasteiger partial charge on any atom is 0.247 e. The lowest BCUT2D eigenvalue weighted by Gasteiger charge is -2.43. The van der Waals surface area contributed by atoms with Crippen molar-refractivity contribution in [1.29, 1.82) is 0 Å². The molecule has 2 saturated heterocycles. The van der Waals surface area contributed by atoms with Gasteiger partial charge in [0.05, 0.1) is 17.7 Å². The number of amides is 1. The summed E-state index contributed by atoms with van der Waals surface area (Å²) in [6.45, 7) is 2.22. The zero-order valence-corrected chi connectivity index (χ0v) is 24.2. The van der Waals surface area contributed by atoms with E-state index in [0.29, 0.717) is 30.8 Å². The summed E-state index contributed by atoms with van der Waals surface area (Å²) in [5, 5.41) is 14.3. The number of sulfonamides is 1. The van der Waals surface area contributed by atoms with E-state index >= 15 is 0 Å². The molecule has 1 amide bonds. The molecule has 11 heteroatoms. The van der Waals surface area contributed by atoms with Crippen molar-refractivity contribution >= 4 is 27.5 Å². The Balaban J connectivity index is 1.30. The van der Waals surface area contributed by atoms with Gasteiger partial charge in [0.25, 0.3) is 0 Å². The number of hydrogen-bond donors (Lipinski definition) is 2. The van der Waals surface area contributed by atoms with E-state index in [1.54, 1.807) is 30.6 Å². The number of pyridine rings is 1. The molecule has 9 nitrogen and oxygen atoms in total. The largest absolute Gasteiger partial charge is 0.492 e. The number of ether oxygens (including phenoxy) is 1. The molecule has 6 rings (SSSR count). The van der Waals surface area contributed by atoms with Crippen LogP contribution in [0.15, 0.2) is 71.9 Å². The molecule has 1 spiro atoms. The number of nitrogens with zero attached hydrogens (tertiary/aromatic N) is 3. The molecule has 0 radical (unpaired) electrons. The summed E-state index contributed by atoms with van der Waals surface area (Å²) in [6.07, 6.45) is 4.35. The number of hydrogen-bond acceptors (Lipinski definition) is 7. The van der Waals surface area contributed by atoms with Crippen LogP contribution in [0.2, 0.25) is 5.02 Å². The monoisotopic (exact) mass is 596 g/mol. The molecule has 4 heterocycles. The van der Waals surface area contributed by atoms with Gasteiger partial charge in [0.2, 0.25) is 15.9 Å². The molecule has 3 aliphatic rings. The van der Waals surface area contributed by atoms with Crippen LogP contribution in [-0.4, -0.2) is 77.5 Å². The highest BCUT2D eigenvalue weighted by Crippen LogP contribution is 2.37. The Morgan fingerprint density at radius 3 is 2.61 bits per heavy atom. The number of halogens is 1. The van der Waals surface area contributed by atoms with Crippen LogP contribution in [0.4, 0.5) is 0 Å². The number of aliphatic hydroxyl groups excluding tert-OH is 1. The highest BCUT2D eigenvalue weighted by Gasteiger charge is 2.47. The molecule has 0 unspecified atom stereocenters. The summed E-state index contributed by atoms with van der Waals surface area (Å²) in [4.78, 5) is 20.1. The molecule has 3 aliphatic heterocycles. The van der Waals surface area contributed by atoms with Gasteiger partial charge in [-0.05, 0) is 47.7 Å². The first-order valence-corrected chi connectivity index (χ1v) is 15.7. The fourth-order valence-corrected chi connectivity index (χ4v) is 8.04. The van der Waals surface area contributed by atoms with Crippen LogP contribution in [0, 0.1) is 0 Å². The number of carbonyl (C=O) groups is 1. The molecule has 216 valence electrons. The third-order valence-electron chi connectivity index (χ3n) is 8.46. The van der Waals surface area contributed by atoms with E-state index in [4.69, 9.17) is 16.3 Å². The van der Waals surface area contributed by atoms with Crippen molar-refractivity contribution in [3.63, 3.8) is 0 Å². The third kappa shape index (κ3) is 5.72. The third-order valence-corrected chi connectivity index (χ3v) is 10.7. The fraction of sp³-hybridized carbons (Fsp3) is 0.400. The number of likely N-dealkylation sites (tertiary alicyclic amines) is 1. The van der Waals surface area contributed by atoms with Crippen LogP contribution in [0.3, 0.4) is 0 Å². The first-order chi connectivity index (χ1) is 19.7. The Hall–Kier alpha value is -3.02. The summed E-state index contributed by atoms with van der Waals surface area (Å²) in [5.74, 6) is -0.124. The van der Waals surface area contributed by atoms with Crippen molar-refractivity contribution in [3.8, 4) is 16.9 Å². The van der Waals surface area contributed by atoms with Crippen molar-refractivity contribution < 1.29 is 23.1 Å². The lowest BCUT2D eigenvalue weighted by molar-refractivity contribution is -0.127. The topological polar surface area (TPSA) is 112 Å². The van der Waals surface area contributed by atoms with Crippen molar-refractivity contribution in [1.82, 2.24) is 19.5 Å². The SMILES string of the molecule is O=C1NC2(CCOc3cc(-c4ccccc4)ccc3S(=O)(=O)N3C[C@H](O)C[C@@H]13)CCN(Cc1ccncc1Cl)CC2. The van der Waals surface area contributed by atoms with Crippen LogP contribution in [0.5, 0.6) is 5.75 Å². The smallest absolute Gasteiger partial charge is 0.247 e. The van der Waals surface area contributed by atoms with Crippen LogP contribution in [0.25, 0.3) is 11.1 Å². The second-order valence-corrected chi connectivity index (χ2v) is 13.4. The molecule has 3 aromatic rings. The zero-order chi connectivity index (χ0) is 28.6. The lowest BCUT2D eigenvalue weighted by atomic mass is 9.84. The summed E-state index contributed by atoms with van der Waals surface area (Å²) in [5.41, 5.74) is 2.20. The van der Waals surface area contributed by atoms with E-state index in [0.717, 1.165) is 34.1 Å². The minimum Gasteiger partial charge on any atom is -0.492 e. The van der Waals surface area contributed by atoms with Crippen LogP contribution in [0.1, 0.15) is 31.2 Å². The average molecular weight is 597 g/mol. The summed E-state index contributed by atoms with van der Waals surface area (Å²) < 4.78 is 35.2. The number of carbonyl (C=O) groups excluding carboxylic acids is 1. The van der Waals surface area contributed by atoms with Crippen molar-refractivity contribution in [2.24, 2.45) is 0 Å². The highest BCUT2D eigenvalue weighted by atomic mass is 35.5. The maximum atomic E-state index is 13.9. The van der Waals surface area contributed by atoms with Gasteiger partial charge in [0.1, 0.15) is 16.7 Å². The van der Waals surface area contributed by atoms with E-state index in [1.807, 2.05) is 36.4 Å². The van der Waals surface area contributed by atoms with E-state index in [1.165, 1.54) is 0 Å². The standard InChI is InChI=1S/C30H33ClN4O5S/c31-25-18-32-12-8-23(25)19-34-13-9-30(10-14-34)11-15-40-27-16-22(21-4-2-1-3-5-21)6-7-28(27)41(38,39)35-20-24(36)17-26(35)29(37)33-30/h1-8,12,16,18,24,26,36H,9-11,13-15,17,19-20H2,(H,33,37)/t24-,26+/m1/s1. The minimum atomic E-state index is -4.13. The Bertz CT molecular complexity index is 1530. The predicted molar refractivity (Wildman–Crippen MR) is 155 cm³/mol. The lowest BCUT2D eigenvalue weighted by Crippen LogP contribution is -2.59. The molecule has 41 heavy (non-hydrogen) atoms. The second kappa shape index (κ2) is 11.3. The number of fused-ring (bicyclic) bond motifs is 2. The quantitative estimate of drug-likeness (QED) is 0.476. The Morgan fingerprint density at radius 1 is 1.07 bits per heavy atom. The molecule has 0 aliphatic carbocycles. The first kappa shape index (κ1) is 28.1. The second-order valence-electron chi connectivity index (χ2n) is 11.1. The van der Waals surface area contributed by atoms with Crippen molar-refractivity contribution in [3.05, 3.63) is 77.6 Å². The molecule has 2 N–H and O–H groups in total. The summed E-state index contributed by atoms with van der Waals surface area (Å²) in [7, 11) is -4.13. The molecule has 0 bridgehead atoms. The van der Waals surface area contributed by atoms with Gasteiger partial charge in [-0.2, -0.15) is 4.31 Å². The molecule has 0 saturated carbocycles. The van der Waals surface area contributed by atoms with Gasteiger partial charge < -0.3 is 15.2 Å². The van der Waals surface area contributed by atoms with E-state index in [2.05, 4.69) is 15.2 Å². The first-order valence-electron chi connectivity index (χ1n) is 13.9. The number of aliphatic hydroxyl groups is 1. The number of rotatable bonds is 3. The average Bonchev–Trinajstić information content (AvgIpc) is 3.38. The predicted octanol–water partition coefficient (Wildman–Crippen LogP) is 3.46. The van der Waals surface area contributed by atoms with Gasteiger partial charge in [-0.3, -0.25) is 14.7 Å². The van der Waals surface area contributed by atoms with Gasteiger partial charge in [0, 0.05) is 57.0 Å². The number of nitrogens with one attached hydrogen (secondary N) is 1. The molecule has 2 atom stereocenters. The number of aromatic nitrogens is 1. The van der Waals surface area contributed by atoms with Crippen molar-refractivity contribution in [2.45, 2.75) is 54.8 Å². The summed E-state index contributed by atoms with van der Waals surface area (Å²) in [6, 6.07) is 15.7. The molecule has 1 aromatic heterocycles. The molecular weight excluding hydrogens is 564 g/mol. The van der Waals surface area contributed by atoms with E-state index < -0.39 is 27.7 Å². The van der Waals surface area contributed by atoms with E-state index in [9.17, 15) is 18.3 Å². The number of piperidine rings is 1. The van der Waals surface area contributed by atoms with Crippen LogP contribution in [-0.2, 0) is 21.4 Å². The zero-order valence-electron chi connectivity index (χ0n) is 22.6. The molecule has 2 fully saturated rings. The van der Waals surface area contributed by atoms with Gasteiger partial charge in [-0.25, -0.2) is 8.42 Å². The van der Waals surface area contributed by atoms with Gasteiger partial charge >= 0.3 is 0 Å².